The molecule has 0 unspecified atom stereocenters. The van der Waals surface area contributed by atoms with Crippen molar-refractivity contribution in [1.82, 2.24) is 4.90 Å². The van der Waals surface area contributed by atoms with Gasteiger partial charge in [-0.3, -0.25) is 0 Å². The topological polar surface area (TPSA) is 29.5 Å². The maximum absolute atomic E-state index is 11.7. The van der Waals surface area contributed by atoms with Crippen molar-refractivity contribution >= 4 is 17.3 Å². The Hall–Kier alpha value is -0.870. The highest BCUT2D eigenvalue weighted by molar-refractivity contribution is 7.14. The molecular weight excluding hydrogens is 246 g/mol. The van der Waals surface area contributed by atoms with E-state index in [2.05, 4.69) is 18.7 Å². The number of nitrogens with zero attached hydrogens (tertiary/aromatic N) is 1. The van der Waals surface area contributed by atoms with E-state index in [1.165, 1.54) is 10.4 Å². The third-order valence-electron chi connectivity index (χ3n) is 3.40. The number of fused-ring (bicyclic) bond motifs is 1. The summed E-state index contributed by atoms with van der Waals surface area (Å²) in [6.07, 6.45) is 2.10. The Labute approximate surface area is 113 Å². The molecule has 1 aromatic rings. The van der Waals surface area contributed by atoms with Crippen LogP contribution in [-0.2, 0) is 17.6 Å². The van der Waals surface area contributed by atoms with Gasteiger partial charge in [-0.1, -0.05) is 0 Å². The van der Waals surface area contributed by atoms with E-state index in [0.717, 1.165) is 30.8 Å². The molecule has 0 saturated heterocycles. The molecule has 1 aliphatic rings. The molecule has 1 aliphatic heterocycles. The molecule has 2 heterocycles. The minimum absolute atomic E-state index is 0.170. The zero-order valence-electron chi connectivity index (χ0n) is 11.4. The molecule has 0 atom stereocenters. The first-order valence-electron chi connectivity index (χ1n) is 6.64. The highest BCUT2D eigenvalue weighted by atomic mass is 32.1. The van der Waals surface area contributed by atoms with Crippen molar-refractivity contribution in [2.45, 2.75) is 39.7 Å². The van der Waals surface area contributed by atoms with Gasteiger partial charge in [0.05, 0.1) is 6.61 Å². The lowest BCUT2D eigenvalue weighted by Crippen LogP contribution is -2.33. The van der Waals surface area contributed by atoms with Crippen molar-refractivity contribution in [3.8, 4) is 0 Å². The number of hydrogen-bond acceptors (Lipinski definition) is 4. The predicted molar refractivity (Wildman–Crippen MR) is 74.4 cm³/mol. The molecule has 100 valence electrons. The van der Waals surface area contributed by atoms with Crippen LogP contribution < -0.4 is 0 Å². The summed E-state index contributed by atoms with van der Waals surface area (Å²) >= 11 is 1.61. The van der Waals surface area contributed by atoms with Crippen LogP contribution in [0.15, 0.2) is 6.07 Å². The third-order valence-corrected chi connectivity index (χ3v) is 4.62. The summed E-state index contributed by atoms with van der Waals surface area (Å²) in [7, 11) is 0. The lowest BCUT2D eigenvalue weighted by atomic mass is 10.1. The van der Waals surface area contributed by atoms with Crippen LogP contribution >= 0.6 is 11.3 Å². The Morgan fingerprint density at radius 2 is 2.17 bits per heavy atom. The summed E-state index contributed by atoms with van der Waals surface area (Å²) in [5.74, 6) is -0.170. The zero-order valence-corrected chi connectivity index (χ0v) is 12.2. The van der Waals surface area contributed by atoms with Gasteiger partial charge < -0.3 is 9.64 Å². The molecule has 0 N–H and O–H groups in total. The van der Waals surface area contributed by atoms with Crippen LogP contribution in [0, 0.1) is 0 Å². The molecule has 0 bridgehead atoms. The Morgan fingerprint density at radius 3 is 2.83 bits per heavy atom. The number of thiophene rings is 1. The second kappa shape index (κ2) is 5.85. The molecule has 3 nitrogen and oxygen atoms in total. The van der Waals surface area contributed by atoms with E-state index in [9.17, 15) is 4.79 Å². The van der Waals surface area contributed by atoms with E-state index in [1.807, 2.05) is 13.0 Å². The van der Waals surface area contributed by atoms with Gasteiger partial charge >= 0.3 is 5.97 Å². The molecule has 18 heavy (non-hydrogen) atoms. The van der Waals surface area contributed by atoms with Crippen LogP contribution in [0.25, 0.3) is 0 Å². The smallest absolute Gasteiger partial charge is 0.348 e. The summed E-state index contributed by atoms with van der Waals surface area (Å²) in [6.45, 7) is 8.95. The summed E-state index contributed by atoms with van der Waals surface area (Å²) in [6, 6.07) is 2.63. The summed E-state index contributed by atoms with van der Waals surface area (Å²) < 4.78 is 5.06. The molecule has 2 rings (SSSR count). The van der Waals surface area contributed by atoms with Crippen molar-refractivity contribution < 1.29 is 9.53 Å². The van der Waals surface area contributed by atoms with Crippen molar-refractivity contribution in [2.75, 3.05) is 19.7 Å². The van der Waals surface area contributed by atoms with E-state index in [1.54, 1.807) is 11.3 Å². The van der Waals surface area contributed by atoms with Gasteiger partial charge in [0.2, 0.25) is 0 Å². The minimum atomic E-state index is -0.170. The van der Waals surface area contributed by atoms with Crippen molar-refractivity contribution in [2.24, 2.45) is 0 Å². The Kier molecular flexibility index (Phi) is 4.40. The number of rotatable bonds is 3. The molecule has 0 aromatic carbocycles. The molecule has 0 amide bonds. The van der Waals surface area contributed by atoms with Gasteiger partial charge in [0.1, 0.15) is 4.88 Å². The van der Waals surface area contributed by atoms with Crippen LogP contribution in [0.2, 0.25) is 0 Å². The van der Waals surface area contributed by atoms with Crippen LogP contribution in [0.5, 0.6) is 0 Å². The Morgan fingerprint density at radius 1 is 1.44 bits per heavy atom. The molecule has 1 aromatic heterocycles. The van der Waals surface area contributed by atoms with Crippen LogP contribution in [0.4, 0.5) is 0 Å². The number of ether oxygens (including phenoxy) is 1. The molecule has 0 spiro atoms. The highest BCUT2D eigenvalue weighted by Crippen LogP contribution is 2.27. The maximum atomic E-state index is 11.7. The zero-order chi connectivity index (χ0) is 13.1. The number of hydrogen-bond donors (Lipinski definition) is 0. The van der Waals surface area contributed by atoms with Gasteiger partial charge in [-0.05, 0) is 45.2 Å². The van der Waals surface area contributed by atoms with Crippen LogP contribution in [0.3, 0.4) is 0 Å². The molecule has 0 aliphatic carbocycles. The second-order valence-corrected chi connectivity index (χ2v) is 6.05. The van der Waals surface area contributed by atoms with Crippen molar-refractivity contribution in [1.29, 1.82) is 0 Å². The van der Waals surface area contributed by atoms with Gasteiger partial charge in [0, 0.05) is 24.0 Å². The van der Waals surface area contributed by atoms with E-state index >= 15 is 0 Å². The van der Waals surface area contributed by atoms with Gasteiger partial charge in [0.15, 0.2) is 0 Å². The lowest BCUT2D eigenvalue weighted by Gasteiger charge is -2.23. The quantitative estimate of drug-likeness (QED) is 0.789. The molecule has 0 fully saturated rings. The molecular formula is C14H21NO2S. The van der Waals surface area contributed by atoms with E-state index in [0.29, 0.717) is 12.6 Å². The van der Waals surface area contributed by atoms with Crippen molar-refractivity contribution in [3.05, 3.63) is 21.4 Å². The maximum Gasteiger partial charge on any atom is 0.348 e. The van der Waals surface area contributed by atoms with E-state index in [4.69, 9.17) is 4.74 Å². The molecule has 0 saturated carbocycles. The standard InChI is InChI=1S/C14H21NO2S/c1-4-17-14(16)13-9-11-5-7-15(10(2)3)8-6-12(11)18-13/h9-10H,4-8H2,1-3H3. The normalized spacial score (nSPS) is 16.4. The first-order valence-corrected chi connectivity index (χ1v) is 7.46. The fourth-order valence-electron chi connectivity index (χ4n) is 2.33. The highest BCUT2D eigenvalue weighted by Gasteiger charge is 2.20. The van der Waals surface area contributed by atoms with Crippen molar-refractivity contribution in [3.63, 3.8) is 0 Å². The van der Waals surface area contributed by atoms with Crippen LogP contribution in [0.1, 0.15) is 40.9 Å². The summed E-state index contributed by atoms with van der Waals surface area (Å²) in [5.41, 5.74) is 1.34. The van der Waals surface area contributed by atoms with Gasteiger partial charge in [-0.15, -0.1) is 11.3 Å². The minimum Gasteiger partial charge on any atom is -0.462 e. The Bertz CT molecular complexity index is 400. The monoisotopic (exact) mass is 267 g/mol. The lowest BCUT2D eigenvalue weighted by molar-refractivity contribution is 0.0532. The molecule has 0 radical (unpaired) electrons. The Balaban J connectivity index is 2.09. The number of carbonyl (C=O) groups is 1. The SMILES string of the molecule is CCOC(=O)c1cc2c(s1)CCN(C(C)C)CC2. The fourth-order valence-corrected chi connectivity index (χ4v) is 3.42. The average Bonchev–Trinajstić information content (AvgIpc) is 2.63. The predicted octanol–water partition coefficient (Wildman–Crippen LogP) is 2.73. The van der Waals surface area contributed by atoms with E-state index < -0.39 is 0 Å². The van der Waals surface area contributed by atoms with Gasteiger partial charge in [0.25, 0.3) is 0 Å². The van der Waals surface area contributed by atoms with E-state index in [-0.39, 0.29) is 5.97 Å². The van der Waals surface area contributed by atoms with Gasteiger partial charge in [-0.25, -0.2) is 4.79 Å². The summed E-state index contributed by atoms with van der Waals surface area (Å²) in [4.78, 5) is 16.3. The first-order chi connectivity index (χ1) is 8.61. The number of carbonyl (C=O) groups excluding carboxylic acids is 1. The second-order valence-electron chi connectivity index (χ2n) is 4.91. The fraction of sp³-hybridized carbons (Fsp3) is 0.643. The first kappa shape index (κ1) is 13.6. The largest absolute Gasteiger partial charge is 0.462 e. The average molecular weight is 267 g/mol. The summed E-state index contributed by atoms with van der Waals surface area (Å²) in [5, 5.41) is 0. The number of esters is 1. The molecule has 4 heteroatoms. The third kappa shape index (κ3) is 2.93. The van der Waals surface area contributed by atoms with Gasteiger partial charge in [-0.2, -0.15) is 0 Å². The van der Waals surface area contributed by atoms with Crippen LogP contribution in [-0.4, -0.2) is 36.6 Å².